The standard InChI is InChI=1S/C23H31N3/c1-3-8-21(9-4-1)13-15-24-16-18-25(19-17-24)20-23-12-7-14-26(23)22-10-5-2-6-11-22/h1-6,8-11,23H,7,12-20H2/t23-/m0/s1. The summed E-state index contributed by atoms with van der Waals surface area (Å²) in [5.74, 6) is 0. The van der Waals surface area contributed by atoms with E-state index in [2.05, 4.69) is 75.4 Å². The molecular weight excluding hydrogens is 318 g/mol. The summed E-state index contributed by atoms with van der Waals surface area (Å²) in [5, 5.41) is 0. The first-order valence-corrected chi connectivity index (χ1v) is 10.2. The van der Waals surface area contributed by atoms with Crippen molar-refractivity contribution in [3.05, 3.63) is 66.2 Å². The number of piperazine rings is 1. The lowest BCUT2D eigenvalue weighted by molar-refractivity contribution is 0.128. The SMILES string of the molecule is c1ccc(CCN2CCN(C[C@@H]3CCCN3c3ccccc3)CC2)cc1. The molecule has 2 saturated heterocycles. The quantitative estimate of drug-likeness (QED) is 0.790. The van der Waals surface area contributed by atoms with Crippen LogP contribution < -0.4 is 4.90 Å². The summed E-state index contributed by atoms with van der Waals surface area (Å²) in [5.41, 5.74) is 2.86. The van der Waals surface area contributed by atoms with Crippen molar-refractivity contribution in [2.75, 3.05) is 50.7 Å². The van der Waals surface area contributed by atoms with Crippen molar-refractivity contribution in [1.82, 2.24) is 9.80 Å². The zero-order valence-corrected chi connectivity index (χ0v) is 15.8. The van der Waals surface area contributed by atoms with Crippen LogP contribution in [0.15, 0.2) is 60.7 Å². The van der Waals surface area contributed by atoms with Crippen molar-refractivity contribution in [2.45, 2.75) is 25.3 Å². The maximum atomic E-state index is 2.69. The average molecular weight is 350 g/mol. The van der Waals surface area contributed by atoms with Gasteiger partial charge in [-0.15, -0.1) is 0 Å². The molecule has 3 nitrogen and oxygen atoms in total. The Balaban J connectivity index is 1.23. The lowest BCUT2D eigenvalue weighted by atomic mass is 10.1. The molecule has 0 bridgehead atoms. The van der Waals surface area contributed by atoms with Gasteiger partial charge < -0.3 is 9.80 Å². The third-order valence-electron chi connectivity index (χ3n) is 5.96. The van der Waals surface area contributed by atoms with Crippen molar-refractivity contribution >= 4 is 5.69 Å². The number of anilines is 1. The van der Waals surface area contributed by atoms with Crippen LogP contribution in [0.25, 0.3) is 0 Å². The van der Waals surface area contributed by atoms with Crippen LogP contribution in [0, 0.1) is 0 Å². The molecule has 2 heterocycles. The normalized spacial score (nSPS) is 22.0. The van der Waals surface area contributed by atoms with E-state index in [1.54, 1.807) is 0 Å². The molecule has 3 heteroatoms. The van der Waals surface area contributed by atoms with E-state index in [-0.39, 0.29) is 0 Å². The fraction of sp³-hybridized carbons (Fsp3) is 0.478. The first-order chi connectivity index (χ1) is 12.9. The highest BCUT2D eigenvalue weighted by atomic mass is 15.3. The summed E-state index contributed by atoms with van der Waals surface area (Å²) in [6, 6.07) is 22.5. The maximum Gasteiger partial charge on any atom is 0.0417 e. The van der Waals surface area contributed by atoms with E-state index in [4.69, 9.17) is 0 Å². The number of nitrogens with zero attached hydrogens (tertiary/aromatic N) is 3. The van der Waals surface area contributed by atoms with E-state index in [0.717, 1.165) is 0 Å². The molecule has 2 aromatic carbocycles. The number of para-hydroxylation sites is 1. The van der Waals surface area contributed by atoms with E-state index in [1.165, 1.54) is 76.3 Å². The topological polar surface area (TPSA) is 9.72 Å². The van der Waals surface area contributed by atoms with Crippen LogP contribution in [0.1, 0.15) is 18.4 Å². The summed E-state index contributed by atoms with van der Waals surface area (Å²) in [7, 11) is 0. The van der Waals surface area contributed by atoms with Crippen molar-refractivity contribution in [3.8, 4) is 0 Å². The minimum atomic E-state index is 0.688. The minimum Gasteiger partial charge on any atom is -0.367 e. The highest BCUT2D eigenvalue weighted by Gasteiger charge is 2.27. The molecule has 0 N–H and O–H groups in total. The average Bonchev–Trinajstić information content (AvgIpc) is 3.17. The van der Waals surface area contributed by atoms with E-state index < -0.39 is 0 Å². The lowest BCUT2D eigenvalue weighted by Crippen LogP contribution is -2.50. The van der Waals surface area contributed by atoms with Gasteiger partial charge in [-0.2, -0.15) is 0 Å². The van der Waals surface area contributed by atoms with Gasteiger partial charge in [-0.3, -0.25) is 4.90 Å². The van der Waals surface area contributed by atoms with Gasteiger partial charge in [-0.1, -0.05) is 48.5 Å². The summed E-state index contributed by atoms with van der Waals surface area (Å²) in [4.78, 5) is 7.94. The Morgan fingerprint density at radius 3 is 2.12 bits per heavy atom. The zero-order chi connectivity index (χ0) is 17.6. The van der Waals surface area contributed by atoms with Gasteiger partial charge in [0.2, 0.25) is 0 Å². The summed E-state index contributed by atoms with van der Waals surface area (Å²) < 4.78 is 0. The number of rotatable bonds is 6. The molecule has 2 aliphatic rings. The second kappa shape index (κ2) is 8.70. The number of benzene rings is 2. The molecule has 4 rings (SSSR count). The summed E-state index contributed by atoms with van der Waals surface area (Å²) in [6.45, 7) is 8.49. The van der Waals surface area contributed by atoms with Gasteiger partial charge in [0.25, 0.3) is 0 Å². The molecule has 2 aliphatic heterocycles. The van der Waals surface area contributed by atoms with Gasteiger partial charge in [-0.25, -0.2) is 0 Å². The van der Waals surface area contributed by atoms with Gasteiger partial charge in [0.1, 0.15) is 0 Å². The molecule has 26 heavy (non-hydrogen) atoms. The molecule has 0 aliphatic carbocycles. The fourth-order valence-electron chi connectivity index (χ4n) is 4.41. The molecule has 0 saturated carbocycles. The van der Waals surface area contributed by atoms with Crippen LogP contribution in [0.3, 0.4) is 0 Å². The second-order valence-corrected chi connectivity index (χ2v) is 7.70. The Labute approximate surface area is 158 Å². The van der Waals surface area contributed by atoms with Crippen LogP contribution in [-0.4, -0.2) is 61.7 Å². The van der Waals surface area contributed by atoms with E-state index in [9.17, 15) is 0 Å². The highest BCUT2D eigenvalue weighted by molar-refractivity contribution is 5.48. The van der Waals surface area contributed by atoms with E-state index in [1.807, 2.05) is 0 Å². The minimum absolute atomic E-state index is 0.688. The monoisotopic (exact) mass is 349 g/mol. The third kappa shape index (κ3) is 4.46. The first-order valence-electron chi connectivity index (χ1n) is 10.2. The summed E-state index contributed by atoms with van der Waals surface area (Å²) in [6.07, 6.45) is 3.84. The Hall–Kier alpha value is -1.84. The molecule has 138 valence electrons. The summed E-state index contributed by atoms with van der Waals surface area (Å²) >= 11 is 0. The molecule has 1 atom stereocenters. The van der Waals surface area contributed by atoms with Crippen molar-refractivity contribution in [3.63, 3.8) is 0 Å². The zero-order valence-electron chi connectivity index (χ0n) is 15.8. The lowest BCUT2D eigenvalue weighted by Gasteiger charge is -2.38. The molecule has 0 unspecified atom stereocenters. The second-order valence-electron chi connectivity index (χ2n) is 7.70. The third-order valence-corrected chi connectivity index (χ3v) is 5.96. The smallest absolute Gasteiger partial charge is 0.0417 e. The number of hydrogen-bond acceptors (Lipinski definition) is 3. The van der Waals surface area contributed by atoms with Crippen LogP contribution in [0.4, 0.5) is 5.69 Å². The first kappa shape index (κ1) is 17.6. The molecule has 0 radical (unpaired) electrons. The molecule has 0 spiro atoms. The van der Waals surface area contributed by atoms with Gasteiger partial charge in [0.15, 0.2) is 0 Å². The Bertz CT molecular complexity index is 650. The predicted molar refractivity (Wildman–Crippen MR) is 110 cm³/mol. The van der Waals surface area contributed by atoms with Crippen LogP contribution in [0.2, 0.25) is 0 Å². The largest absolute Gasteiger partial charge is 0.367 e. The van der Waals surface area contributed by atoms with Gasteiger partial charge >= 0.3 is 0 Å². The van der Waals surface area contributed by atoms with Crippen LogP contribution in [0.5, 0.6) is 0 Å². The molecule has 2 fully saturated rings. The Morgan fingerprint density at radius 2 is 1.38 bits per heavy atom. The molecule has 0 aromatic heterocycles. The molecular formula is C23H31N3. The van der Waals surface area contributed by atoms with Gasteiger partial charge in [0, 0.05) is 57.5 Å². The van der Waals surface area contributed by atoms with E-state index >= 15 is 0 Å². The Kier molecular flexibility index (Phi) is 5.88. The van der Waals surface area contributed by atoms with Crippen LogP contribution in [-0.2, 0) is 6.42 Å². The fourth-order valence-corrected chi connectivity index (χ4v) is 4.41. The number of hydrogen-bond donors (Lipinski definition) is 0. The van der Waals surface area contributed by atoms with E-state index in [0.29, 0.717) is 6.04 Å². The van der Waals surface area contributed by atoms with Crippen molar-refractivity contribution in [1.29, 1.82) is 0 Å². The van der Waals surface area contributed by atoms with Crippen molar-refractivity contribution < 1.29 is 0 Å². The van der Waals surface area contributed by atoms with Gasteiger partial charge in [0.05, 0.1) is 0 Å². The molecule has 2 aromatic rings. The predicted octanol–water partition coefficient (Wildman–Crippen LogP) is 3.52. The van der Waals surface area contributed by atoms with Crippen molar-refractivity contribution in [2.24, 2.45) is 0 Å². The van der Waals surface area contributed by atoms with Crippen LogP contribution >= 0.6 is 0 Å². The Morgan fingerprint density at radius 1 is 0.731 bits per heavy atom. The van der Waals surface area contributed by atoms with Gasteiger partial charge in [-0.05, 0) is 37.0 Å². The highest BCUT2D eigenvalue weighted by Crippen LogP contribution is 2.26. The molecule has 0 amide bonds. The maximum absolute atomic E-state index is 2.69.